The molecule has 0 radical (unpaired) electrons. The number of rotatable bonds is 6. The van der Waals surface area contributed by atoms with Gasteiger partial charge in [0.2, 0.25) is 5.91 Å². The Balaban J connectivity index is 1.91. The summed E-state index contributed by atoms with van der Waals surface area (Å²) in [6.07, 6.45) is 11.9. The van der Waals surface area contributed by atoms with Crippen molar-refractivity contribution in [3.05, 3.63) is 82.3 Å². The van der Waals surface area contributed by atoms with Gasteiger partial charge in [0.05, 0.1) is 18.1 Å². The van der Waals surface area contributed by atoms with Gasteiger partial charge in [-0.15, -0.1) is 5.73 Å². The number of hydrogen-bond donors (Lipinski definition) is 1. The molecule has 0 saturated heterocycles. The quantitative estimate of drug-likeness (QED) is 0.672. The van der Waals surface area contributed by atoms with Crippen molar-refractivity contribution < 1.29 is 4.79 Å². The van der Waals surface area contributed by atoms with Gasteiger partial charge < -0.3 is 5.32 Å². The van der Waals surface area contributed by atoms with Crippen molar-refractivity contribution in [2.75, 3.05) is 0 Å². The first kappa shape index (κ1) is 20.3. The van der Waals surface area contributed by atoms with Crippen molar-refractivity contribution in [1.82, 2.24) is 5.32 Å². The molecule has 29 heavy (non-hydrogen) atoms. The van der Waals surface area contributed by atoms with E-state index in [0.717, 1.165) is 47.2 Å². The molecule has 1 N–H and O–H groups in total. The topological polar surface area (TPSA) is 65.2 Å². The van der Waals surface area contributed by atoms with Gasteiger partial charge in [-0.25, -0.2) is 4.99 Å². The molecule has 0 fully saturated rings. The molecule has 0 bridgehead atoms. The second kappa shape index (κ2) is 9.68. The van der Waals surface area contributed by atoms with Crippen LogP contribution in [0.25, 0.3) is 5.57 Å². The highest BCUT2D eigenvalue weighted by atomic mass is 16.1. The second-order valence-electron chi connectivity index (χ2n) is 7.23. The Labute approximate surface area is 172 Å². The average Bonchev–Trinajstić information content (AvgIpc) is 3.02. The molecule has 1 aromatic carbocycles. The number of aliphatic imine (C=N–C) groups is 1. The Bertz CT molecular complexity index is 1040. The number of amides is 1. The summed E-state index contributed by atoms with van der Waals surface area (Å²) in [6.45, 7) is 3.99. The summed E-state index contributed by atoms with van der Waals surface area (Å²) in [6, 6.07) is 9.80. The minimum absolute atomic E-state index is 0.0133. The van der Waals surface area contributed by atoms with Crippen LogP contribution in [-0.4, -0.2) is 11.7 Å². The maximum atomic E-state index is 12.2. The summed E-state index contributed by atoms with van der Waals surface area (Å²) in [4.78, 5) is 16.9. The van der Waals surface area contributed by atoms with Gasteiger partial charge in [0, 0.05) is 11.3 Å². The second-order valence-corrected chi connectivity index (χ2v) is 7.23. The fourth-order valence-electron chi connectivity index (χ4n) is 3.48. The number of carbonyl (C=O) groups is 1. The first-order valence-electron chi connectivity index (χ1n) is 9.99. The van der Waals surface area contributed by atoms with Crippen molar-refractivity contribution in [2.45, 2.75) is 46.0 Å². The fourth-order valence-corrected chi connectivity index (χ4v) is 3.48. The van der Waals surface area contributed by atoms with Crippen molar-refractivity contribution in [3.8, 4) is 6.07 Å². The number of allylic oxidation sites excluding steroid dienone is 6. The number of hydrogen-bond acceptors (Lipinski definition) is 3. The maximum Gasteiger partial charge on any atom is 0.229 e. The average molecular weight is 383 g/mol. The van der Waals surface area contributed by atoms with Gasteiger partial charge in [-0.2, -0.15) is 5.26 Å². The summed E-state index contributed by atoms with van der Waals surface area (Å²) < 4.78 is 0. The molecule has 0 atom stereocenters. The molecule has 1 heterocycles. The van der Waals surface area contributed by atoms with E-state index in [0.29, 0.717) is 24.2 Å². The van der Waals surface area contributed by atoms with Gasteiger partial charge in [0.25, 0.3) is 0 Å². The Kier molecular flexibility index (Phi) is 6.79. The molecule has 0 unspecified atom stereocenters. The molecular formula is C25H25N3O. The molecule has 146 valence electrons. The highest BCUT2D eigenvalue weighted by Crippen LogP contribution is 2.28. The van der Waals surface area contributed by atoms with E-state index in [1.165, 1.54) is 0 Å². The maximum absolute atomic E-state index is 12.2. The molecule has 1 aliphatic heterocycles. The lowest BCUT2D eigenvalue weighted by molar-refractivity contribution is -0.119. The predicted molar refractivity (Wildman–Crippen MR) is 117 cm³/mol. The number of carbonyl (C=O) groups excluding carboxylic acids is 1. The van der Waals surface area contributed by atoms with Crippen LogP contribution in [0.4, 0.5) is 0 Å². The summed E-state index contributed by atoms with van der Waals surface area (Å²) in [5, 5.41) is 12.2. The zero-order valence-electron chi connectivity index (χ0n) is 17.0. The number of nitrogens with one attached hydrogen (secondary N) is 1. The van der Waals surface area contributed by atoms with E-state index in [-0.39, 0.29) is 5.91 Å². The highest BCUT2D eigenvalue weighted by Gasteiger charge is 2.17. The normalized spacial score (nSPS) is 16.3. The van der Waals surface area contributed by atoms with Crippen molar-refractivity contribution in [2.24, 2.45) is 4.99 Å². The van der Waals surface area contributed by atoms with Gasteiger partial charge in [0.1, 0.15) is 5.84 Å². The number of nitriles is 1. The first-order chi connectivity index (χ1) is 14.1. The van der Waals surface area contributed by atoms with Gasteiger partial charge in [0.15, 0.2) is 0 Å². The van der Waals surface area contributed by atoms with E-state index in [9.17, 15) is 10.1 Å². The van der Waals surface area contributed by atoms with E-state index in [1.54, 1.807) is 0 Å². The SMILES string of the molecule is CCCCC1=C(CC2=CC=C(c3ccccc3C#N)C=C=C2)CC(=O)NC(C)=N1. The predicted octanol–water partition coefficient (Wildman–Crippen LogP) is 5.37. The molecule has 1 aromatic rings. The van der Waals surface area contributed by atoms with Crippen LogP contribution in [0.2, 0.25) is 0 Å². The van der Waals surface area contributed by atoms with Crippen LogP contribution in [-0.2, 0) is 4.79 Å². The molecular weight excluding hydrogens is 358 g/mol. The zero-order valence-corrected chi connectivity index (χ0v) is 17.0. The number of amidine groups is 1. The van der Waals surface area contributed by atoms with Crippen molar-refractivity contribution >= 4 is 17.3 Å². The molecule has 3 rings (SSSR count). The highest BCUT2D eigenvalue weighted by molar-refractivity contribution is 5.99. The Morgan fingerprint density at radius 1 is 1.24 bits per heavy atom. The third kappa shape index (κ3) is 5.31. The van der Waals surface area contributed by atoms with Crippen LogP contribution >= 0.6 is 0 Å². The van der Waals surface area contributed by atoms with Crippen LogP contribution in [0.3, 0.4) is 0 Å². The molecule has 0 spiro atoms. The number of benzene rings is 1. The molecule has 4 heteroatoms. The summed E-state index contributed by atoms with van der Waals surface area (Å²) in [7, 11) is 0. The first-order valence-corrected chi connectivity index (χ1v) is 9.99. The van der Waals surface area contributed by atoms with E-state index in [1.807, 2.05) is 55.5 Å². The van der Waals surface area contributed by atoms with Crippen LogP contribution in [0.5, 0.6) is 0 Å². The smallest absolute Gasteiger partial charge is 0.229 e. The van der Waals surface area contributed by atoms with Crippen LogP contribution in [0.1, 0.15) is 57.1 Å². The lowest BCUT2D eigenvalue weighted by atomic mass is 9.97. The molecule has 4 nitrogen and oxygen atoms in total. The van der Waals surface area contributed by atoms with E-state index >= 15 is 0 Å². The van der Waals surface area contributed by atoms with Crippen molar-refractivity contribution in [3.63, 3.8) is 0 Å². The molecule has 1 aliphatic carbocycles. The molecule has 1 amide bonds. The Hall–Kier alpha value is -3.41. The number of nitrogens with zero attached hydrogens (tertiary/aromatic N) is 2. The molecule has 2 aliphatic rings. The molecule has 0 saturated carbocycles. The summed E-state index contributed by atoms with van der Waals surface area (Å²) in [5.41, 5.74) is 8.85. The van der Waals surface area contributed by atoms with Gasteiger partial charge in [-0.3, -0.25) is 4.79 Å². The van der Waals surface area contributed by atoms with E-state index in [4.69, 9.17) is 0 Å². The Morgan fingerprint density at radius 3 is 2.86 bits per heavy atom. The van der Waals surface area contributed by atoms with Crippen LogP contribution in [0, 0.1) is 11.3 Å². The third-order valence-electron chi connectivity index (χ3n) is 4.93. The minimum Gasteiger partial charge on any atom is -0.314 e. The third-order valence-corrected chi connectivity index (χ3v) is 4.93. The lowest BCUT2D eigenvalue weighted by Crippen LogP contribution is -2.26. The fraction of sp³-hybridized carbons (Fsp3) is 0.280. The zero-order chi connectivity index (χ0) is 20.6. The van der Waals surface area contributed by atoms with Crippen LogP contribution < -0.4 is 5.32 Å². The minimum atomic E-state index is -0.0133. The Morgan fingerprint density at radius 2 is 2.07 bits per heavy atom. The standard InChI is InChI=1S/C25H25N3O/c1-3-4-12-24-22(16-25(29)28-18(2)27-24)15-19-8-7-10-20(14-13-19)23-11-6-5-9-21(23)17-26/h5-6,8-11,13-14H,3-4,12,15-16H2,1-2H3,(H,27,28,29). The number of unbranched alkanes of at least 4 members (excludes halogenated alkanes) is 1. The summed E-state index contributed by atoms with van der Waals surface area (Å²) >= 11 is 0. The van der Waals surface area contributed by atoms with E-state index in [2.05, 4.69) is 29.0 Å². The van der Waals surface area contributed by atoms with Gasteiger partial charge in [-0.1, -0.05) is 43.7 Å². The van der Waals surface area contributed by atoms with E-state index < -0.39 is 0 Å². The monoisotopic (exact) mass is 383 g/mol. The van der Waals surface area contributed by atoms with Gasteiger partial charge >= 0.3 is 0 Å². The largest absolute Gasteiger partial charge is 0.314 e. The van der Waals surface area contributed by atoms with Crippen LogP contribution in [0.15, 0.2) is 76.1 Å². The molecule has 0 aromatic heterocycles. The summed E-state index contributed by atoms with van der Waals surface area (Å²) in [5.74, 6) is 0.650. The van der Waals surface area contributed by atoms with Crippen molar-refractivity contribution in [1.29, 1.82) is 5.26 Å². The van der Waals surface area contributed by atoms with Gasteiger partial charge in [-0.05, 0) is 61.1 Å². The lowest BCUT2D eigenvalue weighted by Gasteiger charge is -2.10.